The van der Waals surface area contributed by atoms with Crippen molar-refractivity contribution in [3.8, 4) is 17.2 Å². The van der Waals surface area contributed by atoms with Crippen LogP contribution in [-0.2, 0) is 0 Å². The van der Waals surface area contributed by atoms with Gasteiger partial charge >= 0.3 is 0 Å². The van der Waals surface area contributed by atoms with Crippen molar-refractivity contribution < 1.29 is 19.7 Å². The lowest BCUT2D eigenvalue weighted by atomic mass is 10.2. The second-order valence-electron chi connectivity index (χ2n) is 2.43. The third kappa shape index (κ3) is 1.90. The van der Waals surface area contributed by atoms with Crippen LogP contribution in [-0.4, -0.2) is 23.1 Å². The van der Waals surface area contributed by atoms with Crippen molar-refractivity contribution in [2.24, 2.45) is 0 Å². The Kier molecular flexibility index (Phi) is 2.74. The molecule has 1 aromatic carbocycles. The van der Waals surface area contributed by atoms with Crippen molar-refractivity contribution in [1.82, 2.24) is 0 Å². The maximum atomic E-state index is 10.5. The summed E-state index contributed by atoms with van der Waals surface area (Å²) in [4.78, 5) is 10.5. The molecule has 0 spiro atoms. The summed E-state index contributed by atoms with van der Waals surface area (Å²) in [5.74, 6) is -0.354. The van der Waals surface area contributed by atoms with E-state index in [4.69, 9.17) is 14.9 Å². The van der Waals surface area contributed by atoms with Crippen molar-refractivity contribution in [2.75, 3.05) is 6.61 Å². The average Bonchev–Trinajstić information content (AvgIpc) is 2.11. The number of benzene rings is 1. The van der Waals surface area contributed by atoms with E-state index in [1.165, 1.54) is 6.07 Å². The number of carbonyl (C=O) groups is 1. The van der Waals surface area contributed by atoms with Crippen LogP contribution in [0.1, 0.15) is 17.3 Å². The fourth-order valence-corrected chi connectivity index (χ4v) is 0.946. The summed E-state index contributed by atoms with van der Waals surface area (Å²) in [6, 6.07) is 2.37. The Balaban J connectivity index is 3.16. The van der Waals surface area contributed by atoms with E-state index in [-0.39, 0.29) is 22.8 Å². The highest BCUT2D eigenvalue weighted by atomic mass is 16.5. The first kappa shape index (κ1) is 9.38. The van der Waals surface area contributed by atoms with Crippen LogP contribution in [0.3, 0.4) is 0 Å². The number of aldehydes is 1. The lowest BCUT2D eigenvalue weighted by Crippen LogP contribution is -1.95. The van der Waals surface area contributed by atoms with Gasteiger partial charge in [-0.05, 0) is 13.0 Å². The highest BCUT2D eigenvalue weighted by Gasteiger charge is 2.08. The van der Waals surface area contributed by atoms with E-state index < -0.39 is 0 Å². The molecule has 4 heteroatoms. The Hall–Kier alpha value is -1.71. The number of phenolic OH excluding ortho intramolecular Hbond substituents is 2. The molecule has 0 heterocycles. The van der Waals surface area contributed by atoms with Crippen LogP contribution in [0.4, 0.5) is 0 Å². The van der Waals surface area contributed by atoms with E-state index in [1.807, 2.05) is 0 Å². The number of aromatic hydroxyl groups is 2. The quantitative estimate of drug-likeness (QED) is 0.546. The predicted octanol–water partition coefficient (Wildman–Crippen LogP) is 1.31. The lowest BCUT2D eigenvalue weighted by molar-refractivity contribution is 0.111. The number of hydrogen-bond acceptors (Lipinski definition) is 4. The molecule has 0 atom stereocenters. The molecule has 0 saturated carbocycles. The number of rotatable bonds is 3. The van der Waals surface area contributed by atoms with Gasteiger partial charge in [0.15, 0.2) is 17.8 Å². The van der Waals surface area contributed by atoms with Crippen LogP contribution >= 0.6 is 0 Å². The van der Waals surface area contributed by atoms with Gasteiger partial charge in [0.25, 0.3) is 0 Å². The van der Waals surface area contributed by atoms with Gasteiger partial charge in [-0.3, -0.25) is 4.79 Å². The lowest BCUT2D eigenvalue weighted by Gasteiger charge is -2.07. The molecule has 0 saturated heterocycles. The average molecular weight is 182 g/mol. The molecule has 4 nitrogen and oxygen atoms in total. The monoisotopic (exact) mass is 182 g/mol. The summed E-state index contributed by atoms with van der Waals surface area (Å²) in [6.07, 6.45) is 0.560. The predicted molar refractivity (Wildman–Crippen MR) is 46.3 cm³/mol. The van der Waals surface area contributed by atoms with E-state index in [0.717, 1.165) is 6.07 Å². The van der Waals surface area contributed by atoms with Crippen molar-refractivity contribution >= 4 is 6.29 Å². The van der Waals surface area contributed by atoms with E-state index in [1.54, 1.807) is 6.92 Å². The van der Waals surface area contributed by atoms with Crippen molar-refractivity contribution in [3.05, 3.63) is 17.7 Å². The third-order valence-electron chi connectivity index (χ3n) is 1.53. The summed E-state index contributed by atoms with van der Waals surface area (Å²) in [5, 5.41) is 18.2. The molecule has 1 rings (SSSR count). The molecule has 0 aliphatic rings. The van der Waals surface area contributed by atoms with Gasteiger partial charge in [0, 0.05) is 6.07 Å². The minimum absolute atomic E-state index is 0.220. The summed E-state index contributed by atoms with van der Waals surface area (Å²) < 4.78 is 5.06. The minimum atomic E-state index is -0.328. The maximum absolute atomic E-state index is 10.5. The van der Waals surface area contributed by atoms with Crippen LogP contribution in [0.2, 0.25) is 0 Å². The van der Waals surface area contributed by atoms with Gasteiger partial charge in [-0.1, -0.05) is 0 Å². The van der Waals surface area contributed by atoms with Crippen LogP contribution < -0.4 is 4.74 Å². The largest absolute Gasteiger partial charge is 0.504 e. The van der Waals surface area contributed by atoms with E-state index >= 15 is 0 Å². The minimum Gasteiger partial charge on any atom is -0.504 e. The van der Waals surface area contributed by atoms with Gasteiger partial charge in [-0.25, -0.2) is 0 Å². The molecule has 0 bridgehead atoms. The Bertz CT molecular complexity index is 320. The smallest absolute Gasteiger partial charge is 0.161 e. The second kappa shape index (κ2) is 3.80. The standard InChI is InChI=1S/C9H10O4/c1-2-13-9-4-8(12)7(11)3-6(9)5-10/h3-5,11-12H,2H2,1H3. The molecular formula is C9H10O4. The second-order valence-corrected chi connectivity index (χ2v) is 2.43. The summed E-state index contributed by atoms with van der Waals surface area (Å²) in [6.45, 7) is 2.16. The SMILES string of the molecule is CCOc1cc(O)c(O)cc1C=O. The van der Waals surface area contributed by atoms with E-state index in [9.17, 15) is 4.79 Å². The van der Waals surface area contributed by atoms with Crippen molar-refractivity contribution in [1.29, 1.82) is 0 Å². The Morgan fingerprint density at radius 1 is 1.38 bits per heavy atom. The van der Waals surface area contributed by atoms with E-state index in [2.05, 4.69) is 0 Å². The first-order valence-electron chi connectivity index (χ1n) is 3.83. The van der Waals surface area contributed by atoms with Crippen LogP contribution in [0, 0.1) is 0 Å². The highest BCUT2D eigenvalue weighted by molar-refractivity contribution is 5.81. The van der Waals surface area contributed by atoms with Crippen LogP contribution in [0.5, 0.6) is 17.2 Å². The molecule has 0 aromatic heterocycles. The third-order valence-corrected chi connectivity index (χ3v) is 1.53. The fraction of sp³-hybridized carbons (Fsp3) is 0.222. The molecule has 0 fully saturated rings. The van der Waals surface area contributed by atoms with Gasteiger partial charge in [0.05, 0.1) is 12.2 Å². The molecule has 0 radical (unpaired) electrons. The molecule has 1 aromatic rings. The Morgan fingerprint density at radius 2 is 2.00 bits per heavy atom. The number of phenols is 2. The first-order chi connectivity index (χ1) is 6.19. The van der Waals surface area contributed by atoms with E-state index in [0.29, 0.717) is 12.9 Å². The number of hydrogen-bond donors (Lipinski definition) is 2. The topological polar surface area (TPSA) is 66.8 Å². The normalized spacial score (nSPS) is 9.62. The van der Waals surface area contributed by atoms with Crippen LogP contribution in [0.25, 0.3) is 0 Å². The molecular weight excluding hydrogens is 172 g/mol. The Labute approximate surface area is 75.4 Å². The van der Waals surface area contributed by atoms with Gasteiger partial charge in [0.2, 0.25) is 0 Å². The van der Waals surface area contributed by atoms with Crippen molar-refractivity contribution in [2.45, 2.75) is 6.92 Å². The zero-order valence-corrected chi connectivity index (χ0v) is 7.15. The summed E-state index contributed by atoms with van der Waals surface area (Å²) in [7, 11) is 0. The van der Waals surface area contributed by atoms with Gasteiger partial charge in [0.1, 0.15) is 5.75 Å². The zero-order chi connectivity index (χ0) is 9.84. The van der Waals surface area contributed by atoms with Crippen LogP contribution in [0.15, 0.2) is 12.1 Å². The molecule has 0 aliphatic heterocycles. The van der Waals surface area contributed by atoms with Gasteiger partial charge in [-0.2, -0.15) is 0 Å². The molecule has 0 aliphatic carbocycles. The van der Waals surface area contributed by atoms with Crippen molar-refractivity contribution in [3.63, 3.8) is 0 Å². The molecule has 0 amide bonds. The Morgan fingerprint density at radius 3 is 2.54 bits per heavy atom. The highest BCUT2D eigenvalue weighted by Crippen LogP contribution is 2.31. The summed E-state index contributed by atoms with van der Waals surface area (Å²) in [5.41, 5.74) is 0.220. The number of carbonyl (C=O) groups excluding carboxylic acids is 1. The number of ether oxygens (including phenoxy) is 1. The maximum Gasteiger partial charge on any atom is 0.161 e. The summed E-state index contributed by atoms with van der Waals surface area (Å²) >= 11 is 0. The molecule has 13 heavy (non-hydrogen) atoms. The van der Waals surface area contributed by atoms with Gasteiger partial charge in [-0.15, -0.1) is 0 Å². The molecule has 2 N–H and O–H groups in total. The fourth-order valence-electron chi connectivity index (χ4n) is 0.946. The zero-order valence-electron chi connectivity index (χ0n) is 7.15. The molecule has 0 unspecified atom stereocenters. The van der Waals surface area contributed by atoms with Gasteiger partial charge < -0.3 is 14.9 Å². The first-order valence-corrected chi connectivity index (χ1v) is 3.83. The molecule has 70 valence electrons.